The molecule has 0 fully saturated rings. The molecule has 0 aliphatic heterocycles. The van der Waals surface area contributed by atoms with Gasteiger partial charge in [0.05, 0.1) is 0 Å². The Morgan fingerprint density at radius 3 is 2.62 bits per heavy atom. The van der Waals surface area contributed by atoms with Crippen LogP contribution in [0.5, 0.6) is 0 Å². The quantitative estimate of drug-likeness (QED) is 0.879. The Labute approximate surface area is 100 Å². The molecular weight excluding hydrogens is 222 g/mol. The van der Waals surface area contributed by atoms with E-state index in [0.717, 1.165) is 6.42 Å². The third-order valence-corrected chi connectivity index (χ3v) is 3.21. The Morgan fingerprint density at radius 2 is 2.19 bits per heavy atom. The van der Waals surface area contributed by atoms with Crippen LogP contribution in [0.3, 0.4) is 0 Å². The Morgan fingerprint density at radius 1 is 1.56 bits per heavy atom. The predicted molar refractivity (Wildman–Crippen MR) is 67.5 cm³/mol. The van der Waals surface area contributed by atoms with Gasteiger partial charge in [-0.2, -0.15) is 0 Å². The topological polar surface area (TPSA) is 59.2 Å². The fraction of sp³-hybridized carbons (Fsp3) is 0.636. The standard InChI is InChI=1S/C11H19N3OS/c1-7(2)5-8(3)14(4)10(15)9-6-16-11(12)13-9/h6-8H,5H2,1-4H3,(H2,12,13). The highest BCUT2D eigenvalue weighted by atomic mass is 32.1. The third kappa shape index (κ3) is 3.20. The van der Waals surface area contributed by atoms with E-state index < -0.39 is 0 Å². The number of amides is 1. The lowest BCUT2D eigenvalue weighted by molar-refractivity contribution is 0.0723. The first-order valence-electron chi connectivity index (χ1n) is 5.40. The largest absolute Gasteiger partial charge is 0.375 e. The Hall–Kier alpha value is -1.10. The molecule has 1 aromatic rings. The van der Waals surface area contributed by atoms with E-state index in [2.05, 4.69) is 18.8 Å². The van der Waals surface area contributed by atoms with E-state index in [0.29, 0.717) is 16.7 Å². The molecule has 0 saturated heterocycles. The Balaban J connectivity index is 2.67. The van der Waals surface area contributed by atoms with Crippen molar-refractivity contribution in [3.05, 3.63) is 11.1 Å². The van der Waals surface area contributed by atoms with Crippen LogP contribution in [0.15, 0.2) is 5.38 Å². The van der Waals surface area contributed by atoms with Crippen molar-refractivity contribution < 1.29 is 4.79 Å². The summed E-state index contributed by atoms with van der Waals surface area (Å²) < 4.78 is 0. The first kappa shape index (κ1) is 13.0. The van der Waals surface area contributed by atoms with Gasteiger partial charge in [-0.25, -0.2) is 4.98 Å². The maximum atomic E-state index is 12.0. The van der Waals surface area contributed by atoms with Gasteiger partial charge >= 0.3 is 0 Å². The fourth-order valence-electron chi connectivity index (χ4n) is 1.61. The molecule has 0 aliphatic carbocycles. The molecule has 4 nitrogen and oxygen atoms in total. The van der Waals surface area contributed by atoms with E-state index in [4.69, 9.17) is 5.73 Å². The van der Waals surface area contributed by atoms with Crippen LogP contribution in [-0.4, -0.2) is 28.9 Å². The van der Waals surface area contributed by atoms with Crippen molar-refractivity contribution in [3.63, 3.8) is 0 Å². The average molecular weight is 241 g/mol. The van der Waals surface area contributed by atoms with Gasteiger partial charge in [-0.05, 0) is 19.3 Å². The second-order valence-electron chi connectivity index (χ2n) is 4.47. The van der Waals surface area contributed by atoms with Crippen LogP contribution in [0.1, 0.15) is 37.7 Å². The number of hydrogen-bond donors (Lipinski definition) is 1. The highest BCUT2D eigenvalue weighted by Crippen LogP contribution is 2.16. The zero-order valence-electron chi connectivity index (χ0n) is 10.2. The number of nitrogens with two attached hydrogens (primary N) is 1. The summed E-state index contributed by atoms with van der Waals surface area (Å²) in [6, 6.07) is 0.218. The number of anilines is 1. The second kappa shape index (κ2) is 5.30. The summed E-state index contributed by atoms with van der Waals surface area (Å²) in [7, 11) is 1.81. The van der Waals surface area contributed by atoms with Crippen LogP contribution in [-0.2, 0) is 0 Å². The van der Waals surface area contributed by atoms with Gasteiger partial charge in [-0.3, -0.25) is 4.79 Å². The lowest BCUT2D eigenvalue weighted by atomic mass is 10.0. The molecule has 1 heterocycles. The van der Waals surface area contributed by atoms with E-state index in [9.17, 15) is 4.79 Å². The van der Waals surface area contributed by atoms with E-state index in [-0.39, 0.29) is 11.9 Å². The number of nitrogen functional groups attached to an aromatic ring is 1. The molecule has 2 N–H and O–H groups in total. The van der Waals surface area contributed by atoms with Crippen molar-refractivity contribution in [1.29, 1.82) is 0 Å². The first-order valence-corrected chi connectivity index (χ1v) is 6.28. The van der Waals surface area contributed by atoms with Gasteiger partial charge in [-0.15, -0.1) is 11.3 Å². The number of hydrogen-bond acceptors (Lipinski definition) is 4. The smallest absolute Gasteiger partial charge is 0.273 e. The van der Waals surface area contributed by atoms with Crippen molar-refractivity contribution in [2.45, 2.75) is 33.2 Å². The van der Waals surface area contributed by atoms with Crippen LogP contribution in [0.25, 0.3) is 0 Å². The number of rotatable bonds is 4. The number of nitrogens with zero attached hydrogens (tertiary/aromatic N) is 2. The minimum absolute atomic E-state index is 0.0545. The third-order valence-electron chi connectivity index (χ3n) is 2.54. The average Bonchev–Trinajstić information content (AvgIpc) is 2.61. The normalized spacial score (nSPS) is 12.8. The highest BCUT2D eigenvalue weighted by molar-refractivity contribution is 7.13. The summed E-state index contributed by atoms with van der Waals surface area (Å²) in [6.07, 6.45) is 0.988. The zero-order valence-corrected chi connectivity index (χ0v) is 11.0. The van der Waals surface area contributed by atoms with Crippen LogP contribution >= 0.6 is 11.3 Å². The molecule has 0 saturated carbocycles. The van der Waals surface area contributed by atoms with E-state index in [1.807, 2.05) is 14.0 Å². The zero-order chi connectivity index (χ0) is 12.3. The van der Waals surface area contributed by atoms with Gasteiger partial charge in [0.15, 0.2) is 5.13 Å². The molecule has 90 valence electrons. The van der Waals surface area contributed by atoms with Gasteiger partial charge in [0.2, 0.25) is 0 Å². The summed E-state index contributed by atoms with van der Waals surface area (Å²) in [5, 5.41) is 2.14. The highest BCUT2D eigenvalue weighted by Gasteiger charge is 2.20. The first-order chi connectivity index (χ1) is 7.41. The lowest BCUT2D eigenvalue weighted by Crippen LogP contribution is -2.36. The predicted octanol–water partition coefficient (Wildman–Crippen LogP) is 2.23. The summed E-state index contributed by atoms with van der Waals surface area (Å²) in [6.45, 7) is 6.35. The Bertz CT molecular complexity index is 362. The van der Waals surface area contributed by atoms with Crippen LogP contribution in [0, 0.1) is 5.92 Å². The molecule has 0 bridgehead atoms. The molecule has 1 rings (SSSR count). The number of aromatic nitrogens is 1. The van der Waals surface area contributed by atoms with Crippen LogP contribution in [0.4, 0.5) is 5.13 Å². The molecule has 0 aromatic carbocycles. The van der Waals surface area contributed by atoms with Crippen molar-refractivity contribution in [1.82, 2.24) is 9.88 Å². The van der Waals surface area contributed by atoms with Crippen molar-refractivity contribution in [2.75, 3.05) is 12.8 Å². The van der Waals surface area contributed by atoms with Gasteiger partial charge in [0.1, 0.15) is 5.69 Å². The Kier molecular flexibility index (Phi) is 4.29. The maximum absolute atomic E-state index is 12.0. The van der Waals surface area contributed by atoms with Crippen LogP contribution < -0.4 is 5.73 Å². The molecule has 1 unspecified atom stereocenters. The fourth-order valence-corrected chi connectivity index (χ4v) is 2.14. The van der Waals surface area contributed by atoms with Crippen molar-refractivity contribution in [2.24, 2.45) is 5.92 Å². The van der Waals surface area contributed by atoms with E-state index in [1.165, 1.54) is 11.3 Å². The monoisotopic (exact) mass is 241 g/mol. The minimum atomic E-state index is -0.0545. The summed E-state index contributed by atoms with van der Waals surface area (Å²) in [5.74, 6) is 0.520. The molecular formula is C11H19N3OS. The summed E-state index contributed by atoms with van der Waals surface area (Å²) in [4.78, 5) is 17.7. The minimum Gasteiger partial charge on any atom is -0.375 e. The van der Waals surface area contributed by atoms with Gasteiger partial charge in [0.25, 0.3) is 5.91 Å². The van der Waals surface area contributed by atoms with E-state index >= 15 is 0 Å². The summed E-state index contributed by atoms with van der Waals surface area (Å²) in [5.41, 5.74) is 5.96. The van der Waals surface area contributed by atoms with Crippen LogP contribution in [0.2, 0.25) is 0 Å². The van der Waals surface area contributed by atoms with Crippen molar-refractivity contribution >= 4 is 22.4 Å². The molecule has 0 aliphatic rings. The number of carbonyl (C=O) groups excluding carboxylic acids is 1. The molecule has 5 heteroatoms. The lowest BCUT2D eigenvalue weighted by Gasteiger charge is -2.25. The maximum Gasteiger partial charge on any atom is 0.273 e. The van der Waals surface area contributed by atoms with Gasteiger partial charge in [-0.1, -0.05) is 13.8 Å². The second-order valence-corrected chi connectivity index (χ2v) is 5.36. The number of carbonyl (C=O) groups is 1. The summed E-state index contributed by atoms with van der Waals surface area (Å²) >= 11 is 1.29. The molecule has 1 amide bonds. The van der Waals surface area contributed by atoms with Gasteiger partial charge in [0, 0.05) is 18.5 Å². The SMILES string of the molecule is CC(C)CC(C)N(C)C(=O)c1csc(N)n1. The molecule has 0 radical (unpaired) electrons. The molecule has 1 atom stereocenters. The number of thiazole rings is 1. The van der Waals surface area contributed by atoms with E-state index in [1.54, 1.807) is 10.3 Å². The molecule has 0 spiro atoms. The molecule has 16 heavy (non-hydrogen) atoms. The van der Waals surface area contributed by atoms with Gasteiger partial charge < -0.3 is 10.6 Å². The molecule has 1 aromatic heterocycles. The van der Waals surface area contributed by atoms with Crippen molar-refractivity contribution in [3.8, 4) is 0 Å².